The Labute approximate surface area is 114 Å². The van der Waals surface area contributed by atoms with E-state index in [4.69, 9.17) is 0 Å². The van der Waals surface area contributed by atoms with Gasteiger partial charge in [0.05, 0.1) is 5.75 Å². The van der Waals surface area contributed by atoms with Gasteiger partial charge in [0, 0.05) is 17.5 Å². The molecule has 0 heterocycles. The van der Waals surface area contributed by atoms with Crippen LogP contribution in [0.25, 0.3) is 0 Å². The molecule has 1 rings (SSSR count). The van der Waals surface area contributed by atoms with Gasteiger partial charge in [-0.15, -0.1) is 11.8 Å². The van der Waals surface area contributed by atoms with Gasteiger partial charge < -0.3 is 10.6 Å². The van der Waals surface area contributed by atoms with Crippen molar-refractivity contribution in [3.05, 3.63) is 29.3 Å². The number of aryl methyl sites for hydroxylation is 2. The molecule has 100 valence electrons. The second kappa shape index (κ2) is 7.44. The first kappa shape index (κ1) is 15.1. The molecule has 2 N–H and O–H groups in total. The van der Waals surface area contributed by atoms with Gasteiger partial charge in [0.2, 0.25) is 5.91 Å². The standard InChI is InChI=1S/C14H22N2OS/c1-10-5-6-11(2)13(7-10)18-9-14(17)16-8-12(3)15-4/h5-7,12,15H,8-9H2,1-4H3,(H,16,17). The zero-order valence-corrected chi connectivity index (χ0v) is 12.4. The number of nitrogens with one attached hydrogen (secondary N) is 2. The maximum Gasteiger partial charge on any atom is 0.230 e. The fourth-order valence-corrected chi connectivity index (χ4v) is 2.38. The maximum absolute atomic E-state index is 11.7. The van der Waals surface area contributed by atoms with Crippen molar-refractivity contribution < 1.29 is 4.79 Å². The normalized spacial score (nSPS) is 12.2. The zero-order chi connectivity index (χ0) is 13.5. The summed E-state index contributed by atoms with van der Waals surface area (Å²) in [5.74, 6) is 0.559. The molecule has 18 heavy (non-hydrogen) atoms. The third kappa shape index (κ3) is 5.10. The second-order valence-electron chi connectivity index (χ2n) is 4.55. The van der Waals surface area contributed by atoms with E-state index in [1.165, 1.54) is 16.0 Å². The van der Waals surface area contributed by atoms with E-state index in [0.717, 1.165) is 0 Å². The molecule has 0 spiro atoms. The lowest BCUT2D eigenvalue weighted by Gasteiger charge is -2.11. The predicted octanol–water partition coefficient (Wildman–Crippen LogP) is 2.12. The molecule has 0 aromatic heterocycles. The van der Waals surface area contributed by atoms with Crippen molar-refractivity contribution in [2.45, 2.75) is 31.7 Å². The number of hydrogen-bond donors (Lipinski definition) is 2. The number of benzene rings is 1. The fraction of sp³-hybridized carbons (Fsp3) is 0.500. The molecule has 1 amide bonds. The number of rotatable bonds is 6. The summed E-state index contributed by atoms with van der Waals surface area (Å²) >= 11 is 1.60. The number of carbonyl (C=O) groups is 1. The molecule has 1 unspecified atom stereocenters. The van der Waals surface area contributed by atoms with Crippen molar-refractivity contribution in [1.82, 2.24) is 10.6 Å². The Morgan fingerprint density at radius 3 is 2.78 bits per heavy atom. The summed E-state index contributed by atoms with van der Waals surface area (Å²) in [7, 11) is 1.89. The van der Waals surface area contributed by atoms with E-state index in [-0.39, 0.29) is 5.91 Å². The minimum atomic E-state index is 0.0861. The lowest BCUT2D eigenvalue weighted by molar-refractivity contribution is -0.118. The summed E-state index contributed by atoms with van der Waals surface area (Å²) in [6, 6.07) is 6.62. The molecule has 0 aliphatic carbocycles. The maximum atomic E-state index is 11.7. The average molecular weight is 266 g/mol. The second-order valence-corrected chi connectivity index (χ2v) is 5.57. The molecule has 4 heteroatoms. The van der Waals surface area contributed by atoms with Crippen molar-refractivity contribution in [2.75, 3.05) is 19.3 Å². The lowest BCUT2D eigenvalue weighted by Crippen LogP contribution is -2.37. The predicted molar refractivity (Wildman–Crippen MR) is 78.2 cm³/mol. The van der Waals surface area contributed by atoms with Crippen molar-refractivity contribution >= 4 is 17.7 Å². The number of hydrogen-bond acceptors (Lipinski definition) is 3. The monoisotopic (exact) mass is 266 g/mol. The van der Waals surface area contributed by atoms with Crippen LogP contribution in [0.2, 0.25) is 0 Å². The van der Waals surface area contributed by atoms with Crippen molar-refractivity contribution in [1.29, 1.82) is 0 Å². The number of amides is 1. The molecule has 1 atom stereocenters. The molecule has 0 fully saturated rings. The van der Waals surface area contributed by atoms with Crippen LogP contribution in [0.15, 0.2) is 23.1 Å². The number of likely N-dealkylation sites (N-methyl/N-ethyl adjacent to an activating group) is 1. The van der Waals surface area contributed by atoms with E-state index in [0.29, 0.717) is 18.3 Å². The first-order chi connectivity index (χ1) is 8.52. The van der Waals surface area contributed by atoms with Crippen LogP contribution in [0.3, 0.4) is 0 Å². The smallest absolute Gasteiger partial charge is 0.230 e. The molecule has 0 saturated carbocycles. The molecule has 0 saturated heterocycles. The van der Waals surface area contributed by atoms with E-state index in [9.17, 15) is 4.79 Å². The van der Waals surface area contributed by atoms with Gasteiger partial charge in [-0.1, -0.05) is 17.7 Å². The van der Waals surface area contributed by atoms with Crippen molar-refractivity contribution in [3.63, 3.8) is 0 Å². The number of carbonyl (C=O) groups excluding carboxylic acids is 1. The molecule has 1 aromatic carbocycles. The summed E-state index contributed by atoms with van der Waals surface area (Å²) in [6.45, 7) is 6.85. The summed E-state index contributed by atoms with van der Waals surface area (Å²) in [5, 5.41) is 6.00. The Hall–Kier alpha value is -1.00. The third-order valence-corrected chi connectivity index (χ3v) is 3.96. The molecular weight excluding hydrogens is 244 g/mol. The molecule has 0 aliphatic rings. The molecule has 1 aromatic rings. The number of thioether (sulfide) groups is 1. The van der Waals surface area contributed by atoms with E-state index < -0.39 is 0 Å². The van der Waals surface area contributed by atoms with Crippen LogP contribution in [0.1, 0.15) is 18.1 Å². The van der Waals surface area contributed by atoms with Crippen LogP contribution in [0.5, 0.6) is 0 Å². The summed E-state index contributed by atoms with van der Waals surface area (Å²) < 4.78 is 0. The van der Waals surface area contributed by atoms with Gasteiger partial charge >= 0.3 is 0 Å². The summed E-state index contributed by atoms with van der Waals surface area (Å²) in [6.07, 6.45) is 0. The Morgan fingerprint density at radius 2 is 2.11 bits per heavy atom. The minimum Gasteiger partial charge on any atom is -0.354 e. The first-order valence-electron chi connectivity index (χ1n) is 6.17. The van der Waals surface area contributed by atoms with Crippen LogP contribution in [0, 0.1) is 13.8 Å². The van der Waals surface area contributed by atoms with Gasteiger partial charge in [-0.25, -0.2) is 0 Å². The van der Waals surface area contributed by atoms with Gasteiger partial charge in [0.15, 0.2) is 0 Å². The van der Waals surface area contributed by atoms with Gasteiger partial charge in [0.25, 0.3) is 0 Å². The van der Waals surface area contributed by atoms with Gasteiger partial charge in [-0.05, 0) is 39.4 Å². The highest BCUT2D eigenvalue weighted by Gasteiger charge is 2.06. The Bertz CT molecular complexity index is 407. The van der Waals surface area contributed by atoms with E-state index in [1.54, 1.807) is 11.8 Å². The van der Waals surface area contributed by atoms with Gasteiger partial charge in [-0.3, -0.25) is 4.79 Å². The Balaban J connectivity index is 2.40. The zero-order valence-electron chi connectivity index (χ0n) is 11.5. The lowest BCUT2D eigenvalue weighted by atomic mass is 10.2. The van der Waals surface area contributed by atoms with E-state index >= 15 is 0 Å². The van der Waals surface area contributed by atoms with E-state index in [2.05, 4.69) is 42.7 Å². The van der Waals surface area contributed by atoms with Gasteiger partial charge in [0.1, 0.15) is 0 Å². The average Bonchev–Trinajstić information content (AvgIpc) is 2.36. The molecular formula is C14H22N2OS. The highest BCUT2D eigenvalue weighted by atomic mass is 32.2. The summed E-state index contributed by atoms with van der Waals surface area (Å²) in [5.41, 5.74) is 2.45. The minimum absolute atomic E-state index is 0.0861. The Morgan fingerprint density at radius 1 is 1.39 bits per heavy atom. The van der Waals surface area contributed by atoms with Gasteiger partial charge in [-0.2, -0.15) is 0 Å². The largest absolute Gasteiger partial charge is 0.354 e. The van der Waals surface area contributed by atoms with Crippen LogP contribution >= 0.6 is 11.8 Å². The van der Waals surface area contributed by atoms with Crippen LogP contribution < -0.4 is 10.6 Å². The Kier molecular flexibility index (Phi) is 6.22. The molecule has 0 aliphatic heterocycles. The first-order valence-corrected chi connectivity index (χ1v) is 7.15. The summed E-state index contributed by atoms with van der Waals surface area (Å²) in [4.78, 5) is 12.9. The topological polar surface area (TPSA) is 41.1 Å². The van der Waals surface area contributed by atoms with E-state index in [1.807, 2.05) is 14.0 Å². The quantitative estimate of drug-likeness (QED) is 0.775. The highest BCUT2D eigenvalue weighted by molar-refractivity contribution is 8.00. The van der Waals surface area contributed by atoms with Crippen LogP contribution in [-0.4, -0.2) is 31.3 Å². The molecule has 0 bridgehead atoms. The molecule has 3 nitrogen and oxygen atoms in total. The van der Waals surface area contributed by atoms with Crippen LogP contribution in [0.4, 0.5) is 0 Å². The third-order valence-electron chi connectivity index (χ3n) is 2.80. The van der Waals surface area contributed by atoms with Crippen molar-refractivity contribution in [3.8, 4) is 0 Å². The fourth-order valence-electron chi connectivity index (χ4n) is 1.43. The van der Waals surface area contributed by atoms with Crippen molar-refractivity contribution in [2.24, 2.45) is 0 Å². The molecule has 0 radical (unpaired) electrons. The van der Waals surface area contributed by atoms with Crippen LogP contribution in [-0.2, 0) is 4.79 Å². The SMILES string of the molecule is CNC(C)CNC(=O)CSc1cc(C)ccc1C. The highest BCUT2D eigenvalue weighted by Crippen LogP contribution is 2.23.